The summed E-state index contributed by atoms with van der Waals surface area (Å²) in [5.74, 6) is 0.382. The molecule has 0 aliphatic rings. The number of non-ortho nitro benzene ring substituents is 1. The van der Waals surface area contributed by atoms with E-state index in [1.807, 2.05) is 37.3 Å². The van der Waals surface area contributed by atoms with Crippen LogP contribution in [0.2, 0.25) is 5.02 Å². The molecule has 8 heteroatoms. The highest BCUT2D eigenvalue weighted by atomic mass is 35.5. The molecule has 2 aromatic carbocycles. The number of amides is 1. The van der Waals surface area contributed by atoms with E-state index in [2.05, 4.69) is 5.32 Å². The second-order valence-corrected chi connectivity index (χ2v) is 6.68. The summed E-state index contributed by atoms with van der Waals surface area (Å²) in [6.07, 6.45) is 0.734. The highest BCUT2D eigenvalue weighted by Gasteiger charge is 2.17. The third-order valence-corrected chi connectivity index (χ3v) is 4.61. The van der Waals surface area contributed by atoms with Crippen molar-refractivity contribution < 1.29 is 18.9 Å². The maximum atomic E-state index is 12.5. The van der Waals surface area contributed by atoms with Gasteiger partial charge in [0.2, 0.25) is 0 Å². The third kappa shape index (κ3) is 5.14. The van der Waals surface area contributed by atoms with Crippen LogP contribution in [0.4, 0.5) is 5.69 Å². The van der Waals surface area contributed by atoms with Gasteiger partial charge in [-0.3, -0.25) is 14.9 Å². The lowest BCUT2D eigenvalue weighted by molar-refractivity contribution is -0.384. The number of nitrogens with one attached hydrogen (secondary N) is 1. The van der Waals surface area contributed by atoms with Gasteiger partial charge in [0.15, 0.2) is 5.76 Å². The van der Waals surface area contributed by atoms with Gasteiger partial charge in [0.05, 0.1) is 22.1 Å². The first-order valence-corrected chi connectivity index (χ1v) is 9.37. The quantitative estimate of drug-likeness (QED) is 0.398. The molecule has 0 bridgehead atoms. The normalized spacial score (nSPS) is 11.7. The fourth-order valence-corrected chi connectivity index (χ4v) is 2.95. The Morgan fingerprint density at radius 1 is 1.21 bits per heavy atom. The van der Waals surface area contributed by atoms with Crippen molar-refractivity contribution in [2.45, 2.75) is 26.0 Å². The van der Waals surface area contributed by atoms with Crippen LogP contribution in [-0.4, -0.2) is 10.8 Å². The summed E-state index contributed by atoms with van der Waals surface area (Å²) in [4.78, 5) is 22.9. The number of carbonyl (C=O) groups excluding carboxylic acids is 1. The molecule has 0 saturated heterocycles. The largest absolute Gasteiger partial charge is 0.484 e. The summed E-state index contributed by atoms with van der Waals surface area (Å²) in [5.41, 5.74) is 0.884. The zero-order chi connectivity index (χ0) is 20.8. The summed E-state index contributed by atoms with van der Waals surface area (Å²) in [6.45, 7) is 1.96. The first kappa shape index (κ1) is 20.4. The minimum Gasteiger partial charge on any atom is -0.484 e. The molecule has 29 heavy (non-hydrogen) atoms. The number of hydrogen-bond donors (Lipinski definition) is 1. The van der Waals surface area contributed by atoms with Gasteiger partial charge < -0.3 is 14.5 Å². The zero-order valence-electron chi connectivity index (χ0n) is 15.6. The lowest BCUT2D eigenvalue weighted by Crippen LogP contribution is -2.27. The van der Waals surface area contributed by atoms with Crippen LogP contribution < -0.4 is 10.1 Å². The molecule has 0 radical (unpaired) electrons. The molecule has 150 valence electrons. The number of rotatable bonds is 8. The highest BCUT2D eigenvalue weighted by molar-refractivity contribution is 6.32. The average molecular weight is 415 g/mol. The van der Waals surface area contributed by atoms with Crippen molar-refractivity contribution in [1.82, 2.24) is 5.32 Å². The van der Waals surface area contributed by atoms with Crippen LogP contribution in [0.3, 0.4) is 0 Å². The fourth-order valence-electron chi connectivity index (χ4n) is 2.78. The Morgan fingerprint density at radius 3 is 2.66 bits per heavy atom. The predicted molar refractivity (Wildman–Crippen MR) is 108 cm³/mol. The standard InChI is InChI=1S/C21H19ClN2O5/c1-2-18(14-6-4-3-5-7-14)23-21(25)19-11-9-16(29-19)13-28-20-12-15(24(26)27)8-10-17(20)22/h3-12,18H,2,13H2,1H3,(H,23,25). The van der Waals surface area contributed by atoms with E-state index < -0.39 is 4.92 Å². The van der Waals surface area contributed by atoms with E-state index in [4.69, 9.17) is 20.8 Å². The summed E-state index contributed by atoms with van der Waals surface area (Å²) >= 11 is 6.01. The van der Waals surface area contributed by atoms with Crippen molar-refractivity contribution >= 4 is 23.2 Å². The van der Waals surface area contributed by atoms with Gasteiger partial charge in [0.1, 0.15) is 18.1 Å². The molecule has 0 aliphatic carbocycles. The van der Waals surface area contributed by atoms with E-state index in [-0.39, 0.29) is 40.8 Å². The molecule has 1 aromatic heterocycles. The van der Waals surface area contributed by atoms with Crippen LogP contribution in [0.15, 0.2) is 65.1 Å². The van der Waals surface area contributed by atoms with E-state index in [9.17, 15) is 14.9 Å². The molecule has 3 rings (SSSR count). The van der Waals surface area contributed by atoms with Crippen LogP contribution in [0.5, 0.6) is 5.75 Å². The van der Waals surface area contributed by atoms with Crippen molar-refractivity contribution in [2.24, 2.45) is 0 Å². The third-order valence-electron chi connectivity index (χ3n) is 4.30. The molecule has 1 unspecified atom stereocenters. The van der Waals surface area contributed by atoms with Crippen LogP contribution in [0.25, 0.3) is 0 Å². The summed E-state index contributed by atoms with van der Waals surface area (Å²) in [6, 6.07) is 16.6. The smallest absolute Gasteiger partial charge is 0.287 e. The van der Waals surface area contributed by atoms with E-state index in [1.165, 1.54) is 18.2 Å². The zero-order valence-corrected chi connectivity index (χ0v) is 16.4. The number of halogens is 1. The topological polar surface area (TPSA) is 94.6 Å². The second kappa shape index (κ2) is 9.25. The summed E-state index contributed by atoms with van der Waals surface area (Å²) in [5, 5.41) is 14.1. The molecular formula is C21H19ClN2O5. The van der Waals surface area contributed by atoms with Crippen molar-refractivity contribution in [3.05, 3.63) is 92.9 Å². The van der Waals surface area contributed by atoms with Gasteiger partial charge in [-0.2, -0.15) is 0 Å². The Morgan fingerprint density at radius 2 is 1.97 bits per heavy atom. The minimum absolute atomic E-state index is 0.0238. The van der Waals surface area contributed by atoms with E-state index in [1.54, 1.807) is 12.1 Å². The average Bonchev–Trinajstić information content (AvgIpc) is 3.21. The van der Waals surface area contributed by atoms with Gasteiger partial charge >= 0.3 is 0 Å². The molecule has 1 N–H and O–H groups in total. The molecule has 0 saturated carbocycles. The van der Waals surface area contributed by atoms with Crippen LogP contribution in [-0.2, 0) is 6.61 Å². The summed E-state index contributed by atoms with van der Waals surface area (Å²) in [7, 11) is 0. The maximum absolute atomic E-state index is 12.5. The first-order chi connectivity index (χ1) is 14.0. The fraction of sp³-hybridized carbons (Fsp3) is 0.190. The molecular weight excluding hydrogens is 396 g/mol. The number of nitro groups is 1. The maximum Gasteiger partial charge on any atom is 0.287 e. The van der Waals surface area contributed by atoms with E-state index in [0.717, 1.165) is 12.0 Å². The SMILES string of the molecule is CCC(NC(=O)c1ccc(COc2cc([N+](=O)[O-])ccc2Cl)o1)c1ccccc1. The van der Waals surface area contributed by atoms with E-state index in [0.29, 0.717) is 5.76 Å². The molecule has 0 spiro atoms. The van der Waals surface area contributed by atoms with Crippen LogP contribution in [0, 0.1) is 10.1 Å². The second-order valence-electron chi connectivity index (χ2n) is 6.27. The Balaban J connectivity index is 1.64. The number of nitrogens with zero attached hydrogens (tertiary/aromatic N) is 1. The summed E-state index contributed by atoms with van der Waals surface area (Å²) < 4.78 is 11.1. The van der Waals surface area contributed by atoms with Crippen LogP contribution in [0.1, 0.15) is 41.3 Å². The molecule has 1 atom stereocenters. The van der Waals surface area contributed by atoms with Gasteiger partial charge in [-0.05, 0) is 30.2 Å². The van der Waals surface area contributed by atoms with Gasteiger partial charge in [0, 0.05) is 6.07 Å². The van der Waals surface area contributed by atoms with E-state index >= 15 is 0 Å². The lowest BCUT2D eigenvalue weighted by atomic mass is 10.0. The van der Waals surface area contributed by atoms with Gasteiger partial charge in [-0.25, -0.2) is 0 Å². The molecule has 1 amide bonds. The Hall–Kier alpha value is -3.32. The Kier molecular flexibility index (Phi) is 6.51. The lowest BCUT2D eigenvalue weighted by Gasteiger charge is -2.16. The van der Waals surface area contributed by atoms with Crippen molar-refractivity contribution in [3.63, 3.8) is 0 Å². The highest BCUT2D eigenvalue weighted by Crippen LogP contribution is 2.29. The molecule has 0 aliphatic heterocycles. The predicted octanol–water partition coefficient (Wildman–Crippen LogP) is 5.30. The van der Waals surface area contributed by atoms with Crippen LogP contribution >= 0.6 is 11.6 Å². The van der Waals surface area contributed by atoms with Crippen molar-refractivity contribution in [3.8, 4) is 5.75 Å². The number of carbonyl (C=O) groups is 1. The van der Waals surface area contributed by atoms with Gasteiger partial charge in [-0.15, -0.1) is 0 Å². The molecule has 7 nitrogen and oxygen atoms in total. The molecule has 3 aromatic rings. The number of hydrogen-bond acceptors (Lipinski definition) is 5. The number of ether oxygens (including phenoxy) is 1. The van der Waals surface area contributed by atoms with Crippen molar-refractivity contribution in [2.75, 3.05) is 0 Å². The number of nitro benzene ring substituents is 1. The number of furan rings is 1. The molecule has 0 fully saturated rings. The monoisotopic (exact) mass is 414 g/mol. The Labute approximate surface area is 172 Å². The van der Waals surface area contributed by atoms with Gasteiger partial charge in [0.25, 0.3) is 11.6 Å². The Bertz CT molecular complexity index is 1000. The minimum atomic E-state index is -0.532. The number of benzene rings is 2. The van der Waals surface area contributed by atoms with Crippen molar-refractivity contribution in [1.29, 1.82) is 0 Å². The first-order valence-electron chi connectivity index (χ1n) is 8.99. The van der Waals surface area contributed by atoms with Gasteiger partial charge in [-0.1, -0.05) is 48.9 Å². The molecule has 1 heterocycles.